The summed E-state index contributed by atoms with van der Waals surface area (Å²) in [5.41, 5.74) is 4.14. The van der Waals surface area contributed by atoms with Crippen LogP contribution in [-0.4, -0.2) is 34.9 Å². The largest absolute Gasteiger partial charge is 0.457 e. The van der Waals surface area contributed by atoms with Gasteiger partial charge in [0.05, 0.1) is 23.0 Å². The van der Waals surface area contributed by atoms with Crippen LogP contribution >= 0.6 is 0 Å². The van der Waals surface area contributed by atoms with Gasteiger partial charge in [-0.15, -0.1) is 10.2 Å². The van der Waals surface area contributed by atoms with Crippen LogP contribution < -0.4 is 5.56 Å². The Hall–Kier alpha value is -3.49. The summed E-state index contributed by atoms with van der Waals surface area (Å²) in [4.78, 5) is 25.0. The van der Waals surface area contributed by atoms with Crippen LogP contribution in [0.15, 0.2) is 23.0 Å². The van der Waals surface area contributed by atoms with Crippen molar-refractivity contribution >= 4 is 22.6 Å². The summed E-state index contributed by atoms with van der Waals surface area (Å²) in [6.07, 6.45) is 0.140. The summed E-state index contributed by atoms with van der Waals surface area (Å²) in [5, 5.41) is 13.2. The Morgan fingerprint density at radius 3 is 2.59 bits per heavy atom. The smallest absolute Gasteiger partial charge is 0.310 e. The quantitative estimate of drug-likeness (QED) is 0.487. The molecule has 0 atom stereocenters. The summed E-state index contributed by atoms with van der Waals surface area (Å²) < 4.78 is 10.4. The third-order valence-corrected chi connectivity index (χ3v) is 5.28. The Bertz CT molecular complexity index is 1330. The Labute approximate surface area is 166 Å². The van der Waals surface area contributed by atoms with E-state index < -0.39 is 0 Å². The molecular weight excluding hydrogens is 372 g/mol. The number of hydrogen-bond donors (Lipinski definition) is 0. The van der Waals surface area contributed by atoms with Gasteiger partial charge in [-0.05, 0) is 32.9 Å². The molecule has 0 saturated carbocycles. The Morgan fingerprint density at radius 2 is 1.90 bits per heavy atom. The standard InChI is InChI=1S/C20H22N6O3/c1-11-6-7-16-15(8-11)19(28)24(4)20-22-21-17(26(16)20)10-29-18(27)9-14-12(2)23-25(5)13(14)3/h6-8H,9-10H2,1-5H3. The summed E-state index contributed by atoms with van der Waals surface area (Å²) in [7, 11) is 3.49. The number of aromatic nitrogens is 6. The van der Waals surface area contributed by atoms with Crippen LogP contribution in [0.4, 0.5) is 0 Å². The summed E-state index contributed by atoms with van der Waals surface area (Å²) in [6, 6.07) is 5.61. The second kappa shape index (κ2) is 6.84. The lowest BCUT2D eigenvalue weighted by Gasteiger charge is -2.09. The van der Waals surface area contributed by atoms with Gasteiger partial charge in [-0.25, -0.2) is 0 Å². The van der Waals surface area contributed by atoms with E-state index in [-0.39, 0.29) is 24.6 Å². The van der Waals surface area contributed by atoms with Crippen LogP contribution in [0.2, 0.25) is 0 Å². The van der Waals surface area contributed by atoms with Crippen molar-refractivity contribution in [2.75, 3.05) is 0 Å². The number of hydrogen-bond acceptors (Lipinski definition) is 6. The Balaban J connectivity index is 1.66. The first-order valence-corrected chi connectivity index (χ1v) is 9.26. The van der Waals surface area contributed by atoms with E-state index in [1.807, 2.05) is 46.0 Å². The number of esters is 1. The molecule has 3 aromatic heterocycles. The normalized spacial score (nSPS) is 11.5. The van der Waals surface area contributed by atoms with Crippen molar-refractivity contribution in [2.24, 2.45) is 14.1 Å². The summed E-state index contributed by atoms with van der Waals surface area (Å²) in [6.45, 7) is 5.68. The van der Waals surface area contributed by atoms with Crippen LogP contribution in [0.25, 0.3) is 16.7 Å². The van der Waals surface area contributed by atoms with E-state index in [0.29, 0.717) is 22.5 Å². The fourth-order valence-electron chi connectivity index (χ4n) is 3.57. The van der Waals surface area contributed by atoms with Crippen LogP contribution in [0.5, 0.6) is 0 Å². The SMILES string of the molecule is Cc1ccc2c(c1)c(=O)n(C)c1nnc(COC(=O)Cc3c(C)nn(C)c3C)n21. The van der Waals surface area contributed by atoms with Gasteiger partial charge in [0, 0.05) is 25.4 Å². The molecular formula is C20H22N6O3. The van der Waals surface area contributed by atoms with Crippen molar-refractivity contribution in [3.05, 3.63) is 56.9 Å². The number of carbonyl (C=O) groups is 1. The number of aryl methyl sites for hydroxylation is 4. The summed E-state index contributed by atoms with van der Waals surface area (Å²) in [5.74, 6) is 0.486. The monoisotopic (exact) mass is 394 g/mol. The van der Waals surface area contributed by atoms with Gasteiger partial charge in [0.15, 0.2) is 12.4 Å². The van der Waals surface area contributed by atoms with Gasteiger partial charge in [-0.3, -0.25) is 23.2 Å². The third-order valence-electron chi connectivity index (χ3n) is 5.28. The van der Waals surface area contributed by atoms with Crippen LogP contribution in [-0.2, 0) is 36.7 Å². The fraction of sp³-hybridized carbons (Fsp3) is 0.350. The van der Waals surface area contributed by atoms with Crippen molar-refractivity contribution in [2.45, 2.75) is 33.8 Å². The Morgan fingerprint density at radius 1 is 1.14 bits per heavy atom. The lowest BCUT2D eigenvalue weighted by atomic mass is 10.1. The lowest BCUT2D eigenvalue weighted by molar-refractivity contribution is -0.144. The molecule has 0 radical (unpaired) electrons. The molecule has 4 rings (SSSR count). The fourth-order valence-corrected chi connectivity index (χ4v) is 3.57. The van der Waals surface area contributed by atoms with E-state index in [0.717, 1.165) is 22.5 Å². The number of nitrogens with zero attached hydrogens (tertiary/aromatic N) is 6. The van der Waals surface area contributed by atoms with Crippen LogP contribution in [0, 0.1) is 20.8 Å². The van der Waals surface area contributed by atoms with Crippen molar-refractivity contribution in [1.82, 2.24) is 28.9 Å². The Kier molecular flexibility index (Phi) is 4.45. The molecule has 150 valence electrons. The van der Waals surface area contributed by atoms with Gasteiger partial charge in [0.25, 0.3) is 5.56 Å². The van der Waals surface area contributed by atoms with E-state index in [1.54, 1.807) is 16.1 Å². The van der Waals surface area contributed by atoms with Crippen molar-refractivity contribution in [3.63, 3.8) is 0 Å². The molecule has 0 fully saturated rings. The highest BCUT2D eigenvalue weighted by molar-refractivity contribution is 5.81. The van der Waals surface area contributed by atoms with E-state index in [9.17, 15) is 9.59 Å². The molecule has 29 heavy (non-hydrogen) atoms. The predicted molar refractivity (Wildman–Crippen MR) is 107 cm³/mol. The molecule has 0 saturated heterocycles. The van der Waals surface area contributed by atoms with Crippen molar-refractivity contribution in [3.8, 4) is 0 Å². The first-order chi connectivity index (χ1) is 13.8. The van der Waals surface area contributed by atoms with E-state index in [2.05, 4.69) is 15.3 Å². The molecule has 9 nitrogen and oxygen atoms in total. The minimum Gasteiger partial charge on any atom is -0.457 e. The molecule has 0 amide bonds. The summed E-state index contributed by atoms with van der Waals surface area (Å²) >= 11 is 0. The molecule has 9 heteroatoms. The zero-order valence-electron chi connectivity index (χ0n) is 17.1. The minimum absolute atomic E-state index is 0.0421. The van der Waals surface area contributed by atoms with Gasteiger partial charge in [0.2, 0.25) is 5.78 Å². The van der Waals surface area contributed by atoms with Crippen LogP contribution in [0.3, 0.4) is 0 Å². The second-order valence-electron chi connectivity index (χ2n) is 7.25. The van der Waals surface area contributed by atoms with Gasteiger partial charge in [0.1, 0.15) is 0 Å². The molecule has 0 aliphatic rings. The zero-order valence-corrected chi connectivity index (χ0v) is 17.1. The number of ether oxygens (including phenoxy) is 1. The average Bonchev–Trinajstić information content (AvgIpc) is 3.21. The molecule has 0 aliphatic carbocycles. The molecule has 0 N–H and O–H groups in total. The highest BCUT2D eigenvalue weighted by Crippen LogP contribution is 2.17. The zero-order chi connectivity index (χ0) is 20.9. The van der Waals surface area contributed by atoms with Crippen molar-refractivity contribution in [1.29, 1.82) is 0 Å². The minimum atomic E-state index is -0.370. The molecule has 0 aliphatic heterocycles. The molecule has 3 heterocycles. The number of carbonyl (C=O) groups excluding carboxylic acids is 1. The van der Waals surface area contributed by atoms with E-state index in [1.165, 1.54) is 4.57 Å². The molecule has 0 spiro atoms. The predicted octanol–water partition coefficient (Wildman–Crippen LogP) is 1.53. The number of benzene rings is 1. The maximum Gasteiger partial charge on any atom is 0.310 e. The second-order valence-corrected chi connectivity index (χ2v) is 7.25. The highest BCUT2D eigenvalue weighted by atomic mass is 16.5. The van der Waals surface area contributed by atoms with Gasteiger partial charge >= 0.3 is 5.97 Å². The molecule has 4 aromatic rings. The third kappa shape index (κ3) is 3.08. The maximum atomic E-state index is 12.6. The average molecular weight is 394 g/mol. The van der Waals surface area contributed by atoms with Crippen LogP contribution in [0.1, 0.15) is 28.3 Å². The van der Waals surface area contributed by atoms with Gasteiger partial charge < -0.3 is 4.74 Å². The first kappa shape index (κ1) is 18.9. The van der Waals surface area contributed by atoms with Gasteiger partial charge in [-0.1, -0.05) is 11.6 Å². The number of rotatable bonds is 4. The number of fused-ring (bicyclic) bond motifs is 3. The topological polar surface area (TPSA) is 96.3 Å². The maximum absolute atomic E-state index is 12.6. The van der Waals surface area contributed by atoms with Crippen molar-refractivity contribution < 1.29 is 9.53 Å². The molecule has 0 unspecified atom stereocenters. The van der Waals surface area contributed by atoms with Gasteiger partial charge in [-0.2, -0.15) is 5.10 Å². The van der Waals surface area contributed by atoms with E-state index >= 15 is 0 Å². The molecule has 0 bridgehead atoms. The first-order valence-electron chi connectivity index (χ1n) is 9.26. The van der Waals surface area contributed by atoms with E-state index in [4.69, 9.17) is 4.74 Å². The molecule has 1 aromatic carbocycles. The highest BCUT2D eigenvalue weighted by Gasteiger charge is 2.18. The lowest BCUT2D eigenvalue weighted by Crippen LogP contribution is -2.21.